The molecule has 0 saturated heterocycles. The maximum atomic E-state index is 12.6. The van der Waals surface area contributed by atoms with E-state index in [1.54, 1.807) is 30.3 Å². The zero-order chi connectivity index (χ0) is 16.8. The van der Waals surface area contributed by atoms with E-state index in [0.717, 1.165) is 5.56 Å². The summed E-state index contributed by atoms with van der Waals surface area (Å²) >= 11 is 0. The molecular formula is C18H17NO4. The number of esters is 1. The summed E-state index contributed by atoms with van der Waals surface area (Å²) in [5.41, 5.74) is 1.92. The van der Waals surface area contributed by atoms with Gasteiger partial charge in [-0.1, -0.05) is 48.0 Å². The third-order valence-corrected chi connectivity index (χ3v) is 3.32. The van der Waals surface area contributed by atoms with Crippen molar-refractivity contribution < 1.29 is 19.1 Å². The van der Waals surface area contributed by atoms with E-state index in [1.165, 1.54) is 13.1 Å². The Bertz CT molecular complexity index is 735. The summed E-state index contributed by atoms with van der Waals surface area (Å²) in [5.74, 6) is -1.39. The number of carbonyl (C=O) groups excluding carboxylic acids is 3. The summed E-state index contributed by atoms with van der Waals surface area (Å²) in [5, 5.41) is 2.36. The standard InChI is InChI=1S/C18H17NO4/c1-12-7-9-13(10-8-12)17(21)14-5-3-4-6-15(14)18(22)23-11-16(20)19-2/h3-10H,11H2,1-2H3,(H,19,20). The first-order chi connectivity index (χ1) is 11.0. The molecule has 2 rings (SSSR count). The smallest absolute Gasteiger partial charge is 0.339 e. The van der Waals surface area contributed by atoms with Crippen LogP contribution in [0.25, 0.3) is 0 Å². The van der Waals surface area contributed by atoms with Gasteiger partial charge in [-0.2, -0.15) is 0 Å². The zero-order valence-corrected chi connectivity index (χ0v) is 13.0. The Morgan fingerprint density at radius 3 is 2.17 bits per heavy atom. The van der Waals surface area contributed by atoms with Crippen LogP contribution in [-0.4, -0.2) is 31.3 Å². The van der Waals surface area contributed by atoms with Gasteiger partial charge in [0, 0.05) is 18.2 Å². The first-order valence-corrected chi connectivity index (χ1v) is 7.11. The SMILES string of the molecule is CNC(=O)COC(=O)c1ccccc1C(=O)c1ccc(C)cc1. The number of carbonyl (C=O) groups is 3. The normalized spacial score (nSPS) is 10.0. The summed E-state index contributed by atoms with van der Waals surface area (Å²) in [6.07, 6.45) is 0. The first kappa shape index (κ1) is 16.4. The van der Waals surface area contributed by atoms with Gasteiger partial charge in [0.15, 0.2) is 12.4 Å². The second kappa shape index (κ2) is 7.35. The van der Waals surface area contributed by atoms with Gasteiger partial charge in [0.25, 0.3) is 5.91 Å². The number of ether oxygens (including phenoxy) is 1. The van der Waals surface area contributed by atoms with Crippen molar-refractivity contribution in [2.24, 2.45) is 0 Å². The number of hydrogen-bond donors (Lipinski definition) is 1. The van der Waals surface area contributed by atoms with Crippen molar-refractivity contribution in [2.45, 2.75) is 6.92 Å². The number of nitrogens with one attached hydrogen (secondary N) is 1. The second-order valence-corrected chi connectivity index (χ2v) is 4.99. The van der Waals surface area contributed by atoms with Crippen LogP contribution in [0.5, 0.6) is 0 Å². The molecule has 0 saturated carbocycles. The van der Waals surface area contributed by atoms with E-state index >= 15 is 0 Å². The third kappa shape index (κ3) is 4.03. The molecule has 5 nitrogen and oxygen atoms in total. The number of amides is 1. The maximum absolute atomic E-state index is 12.6. The Kier molecular flexibility index (Phi) is 5.25. The van der Waals surface area contributed by atoms with Crippen molar-refractivity contribution in [1.29, 1.82) is 0 Å². The Labute approximate surface area is 134 Å². The monoisotopic (exact) mass is 311 g/mol. The van der Waals surface area contributed by atoms with Crippen LogP contribution in [0, 0.1) is 6.92 Å². The fraction of sp³-hybridized carbons (Fsp3) is 0.167. The lowest BCUT2D eigenvalue weighted by atomic mass is 9.98. The highest BCUT2D eigenvalue weighted by Crippen LogP contribution is 2.16. The predicted molar refractivity (Wildman–Crippen MR) is 85.4 cm³/mol. The fourth-order valence-corrected chi connectivity index (χ4v) is 2.00. The summed E-state index contributed by atoms with van der Waals surface area (Å²) in [6.45, 7) is 1.54. The molecule has 23 heavy (non-hydrogen) atoms. The molecule has 5 heteroatoms. The van der Waals surface area contributed by atoms with Crippen LogP contribution < -0.4 is 5.32 Å². The van der Waals surface area contributed by atoms with Crippen molar-refractivity contribution in [2.75, 3.05) is 13.7 Å². The van der Waals surface area contributed by atoms with Crippen LogP contribution in [0.15, 0.2) is 48.5 Å². The number of likely N-dealkylation sites (N-methyl/N-ethyl adjacent to an activating group) is 1. The first-order valence-electron chi connectivity index (χ1n) is 7.11. The Morgan fingerprint density at radius 2 is 1.57 bits per heavy atom. The Hall–Kier alpha value is -2.95. The largest absolute Gasteiger partial charge is 0.452 e. The van der Waals surface area contributed by atoms with Gasteiger partial charge in [-0.05, 0) is 13.0 Å². The van der Waals surface area contributed by atoms with Crippen LogP contribution in [0.4, 0.5) is 0 Å². The second-order valence-electron chi connectivity index (χ2n) is 4.99. The molecule has 2 aromatic carbocycles. The average Bonchev–Trinajstić information content (AvgIpc) is 2.59. The molecule has 2 aromatic rings. The van der Waals surface area contributed by atoms with E-state index in [9.17, 15) is 14.4 Å². The van der Waals surface area contributed by atoms with Gasteiger partial charge < -0.3 is 10.1 Å². The van der Waals surface area contributed by atoms with Crippen LogP contribution >= 0.6 is 0 Å². The average molecular weight is 311 g/mol. The molecule has 118 valence electrons. The van der Waals surface area contributed by atoms with Gasteiger partial charge in [-0.15, -0.1) is 0 Å². The highest BCUT2D eigenvalue weighted by atomic mass is 16.5. The lowest BCUT2D eigenvalue weighted by Gasteiger charge is -2.09. The Morgan fingerprint density at radius 1 is 0.957 bits per heavy atom. The van der Waals surface area contributed by atoms with E-state index in [2.05, 4.69) is 5.32 Å². The van der Waals surface area contributed by atoms with Crippen molar-refractivity contribution in [1.82, 2.24) is 5.32 Å². The molecular weight excluding hydrogens is 294 g/mol. The minimum Gasteiger partial charge on any atom is -0.452 e. The van der Waals surface area contributed by atoms with Crippen LogP contribution in [-0.2, 0) is 9.53 Å². The molecule has 1 N–H and O–H groups in total. The van der Waals surface area contributed by atoms with E-state index < -0.39 is 11.9 Å². The molecule has 0 atom stereocenters. The molecule has 0 aliphatic heterocycles. The Balaban J connectivity index is 2.26. The molecule has 0 radical (unpaired) electrons. The lowest BCUT2D eigenvalue weighted by Crippen LogP contribution is -2.25. The van der Waals surface area contributed by atoms with Gasteiger partial charge >= 0.3 is 5.97 Å². The number of benzene rings is 2. The number of ketones is 1. The van der Waals surface area contributed by atoms with Gasteiger partial charge in [0.2, 0.25) is 0 Å². The third-order valence-electron chi connectivity index (χ3n) is 3.32. The highest BCUT2D eigenvalue weighted by molar-refractivity contribution is 6.14. The van der Waals surface area contributed by atoms with Crippen LogP contribution in [0.3, 0.4) is 0 Å². The molecule has 0 aliphatic rings. The molecule has 0 bridgehead atoms. The molecule has 1 amide bonds. The van der Waals surface area contributed by atoms with E-state index in [4.69, 9.17) is 4.74 Å². The lowest BCUT2D eigenvalue weighted by molar-refractivity contribution is -0.123. The quantitative estimate of drug-likeness (QED) is 0.678. The van der Waals surface area contributed by atoms with Crippen molar-refractivity contribution in [3.63, 3.8) is 0 Å². The molecule has 0 unspecified atom stereocenters. The van der Waals surface area contributed by atoms with Gasteiger partial charge in [-0.3, -0.25) is 9.59 Å². The number of rotatable bonds is 5. The minimum atomic E-state index is -0.704. The van der Waals surface area contributed by atoms with Gasteiger partial charge in [0.05, 0.1) is 5.56 Å². The number of hydrogen-bond acceptors (Lipinski definition) is 4. The van der Waals surface area contributed by atoms with E-state index in [-0.39, 0.29) is 23.5 Å². The van der Waals surface area contributed by atoms with Gasteiger partial charge in [-0.25, -0.2) is 4.79 Å². The van der Waals surface area contributed by atoms with Crippen LogP contribution in [0.2, 0.25) is 0 Å². The van der Waals surface area contributed by atoms with Crippen molar-refractivity contribution in [3.8, 4) is 0 Å². The summed E-state index contributed by atoms with van der Waals surface area (Å²) in [7, 11) is 1.45. The van der Waals surface area contributed by atoms with E-state index in [1.807, 2.05) is 19.1 Å². The highest BCUT2D eigenvalue weighted by Gasteiger charge is 2.19. The molecule has 0 aromatic heterocycles. The number of aryl methyl sites for hydroxylation is 1. The predicted octanol–water partition coefficient (Wildman–Crippen LogP) is 2.13. The van der Waals surface area contributed by atoms with Crippen molar-refractivity contribution >= 4 is 17.7 Å². The summed E-state index contributed by atoms with van der Waals surface area (Å²) < 4.78 is 4.92. The van der Waals surface area contributed by atoms with E-state index in [0.29, 0.717) is 5.56 Å². The minimum absolute atomic E-state index is 0.141. The topological polar surface area (TPSA) is 72.5 Å². The molecule has 0 spiro atoms. The molecule has 0 heterocycles. The zero-order valence-electron chi connectivity index (χ0n) is 13.0. The van der Waals surface area contributed by atoms with Crippen molar-refractivity contribution in [3.05, 3.63) is 70.8 Å². The fourth-order valence-electron chi connectivity index (χ4n) is 2.00. The molecule has 0 fully saturated rings. The van der Waals surface area contributed by atoms with Crippen LogP contribution in [0.1, 0.15) is 31.8 Å². The molecule has 0 aliphatic carbocycles. The summed E-state index contributed by atoms with van der Waals surface area (Å²) in [4.78, 5) is 35.9. The summed E-state index contributed by atoms with van der Waals surface area (Å²) in [6, 6.07) is 13.5. The maximum Gasteiger partial charge on any atom is 0.339 e. The van der Waals surface area contributed by atoms with Gasteiger partial charge in [0.1, 0.15) is 0 Å².